The highest BCUT2D eigenvalue weighted by Crippen LogP contribution is 2.31. The summed E-state index contributed by atoms with van der Waals surface area (Å²) >= 11 is 6.27. The van der Waals surface area contributed by atoms with Gasteiger partial charge in [-0.25, -0.2) is 4.79 Å². The average molecular weight is 399 g/mol. The fourth-order valence-electron chi connectivity index (χ4n) is 3.30. The van der Waals surface area contributed by atoms with Crippen LogP contribution in [-0.4, -0.2) is 28.1 Å². The first-order chi connectivity index (χ1) is 13.4. The molecule has 28 heavy (non-hydrogen) atoms. The Morgan fingerprint density at radius 3 is 2.89 bits per heavy atom. The largest absolute Gasteiger partial charge is 0.457 e. The van der Waals surface area contributed by atoms with Gasteiger partial charge in [0.1, 0.15) is 12.6 Å². The Balaban J connectivity index is 1.76. The molecule has 4 rings (SSSR count). The number of H-pyrrole nitrogens is 1. The standard InChI is InChI=1S/C20H19ClN4O3/c1-10(2)23-19(26)18(15-5-12(21)6-17-16(15)8-22-25-17)24-13-4-3-11-9-28-20(27)14(11)7-13/h3-8,10,18,24H,9H2,1-2H3,(H,22,25)(H,23,26)/t18-/m1/s1. The minimum absolute atomic E-state index is 0.0363. The summed E-state index contributed by atoms with van der Waals surface area (Å²) in [4.78, 5) is 24.9. The van der Waals surface area contributed by atoms with E-state index in [1.54, 1.807) is 24.4 Å². The van der Waals surface area contributed by atoms with Gasteiger partial charge in [-0.1, -0.05) is 17.7 Å². The zero-order valence-corrected chi connectivity index (χ0v) is 16.1. The Hall–Kier alpha value is -3.06. The molecule has 144 valence electrons. The number of hydrogen-bond donors (Lipinski definition) is 3. The summed E-state index contributed by atoms with van der Waals surface area (Å²) in [6, 6.07) is 8.10. The molecule has 3 N–H and O–H groups in total. The lowest BCUT2D eigenvalue weighted by Crippen LogP contribution is -2.37. The first kappa shape index (κ1) is 18.3. The SMILES string of the molecule is CC(C)NC(=O)[C@H](Nc1ccc2c(c1)C(=O)OC2)c1cc(Cl)cc2[nH]ncc12. The van der Waals surface area contributed by atoms with E-state index in [9.17, 15) is 9.59 Å². The highest BCUT2D eigenvalue weighted by Gasteiger charge is 2.26. The number of carbonyl (C=O) groups excluding carboxylic acids is 2. The number of nitrogens with zero attached hydrogens (tertiary/aromatic N) is 1. The number of ether oxygens (including phenoxy) is 1. The molecule has 7 nitrogen and oxygen atoms in total. The van der Waals surface area contributed by atoms with E-state index in [0.717, 1.165) is 16.5 Å². The van der Waals surface area contributed by atoms with Crippen LogP contribution in [0.15, 0.2) is 36.5 Å². The van der Waals surface area contributed by atoms with E-state index in [0.29, 0.717) is 21.8 Å². The Kier molecular flexibility index (Phi) is 4.68. The maximum absolute atomic E-state index is 13.0. The Morgan fingerprint density at radius 2 is 2.11 bits per heavy atom. The zero-order chi connectivity index (χ0) is 19.8. The average Bonchev–Trinajstić information content (AvgIpc) is 3.25. The smallest absolute Gasteiger partial charge is 0.338 e. The number of cyclic esters (lactones) is 1. The van der Waals surface area contributed by atoms with Gasteiger partial charge in [0.25, 0.3) is 0 Å². The van der Waals surface area contributed by atoms with Crippen molar-refractivity contribution < 1.29 is 14.3 Å². The quantitative estimate of drug-likeness (QED) is 0.571. The Bertz CT molecular complexity index is 1080. The molecule has 0 bridgehead atoms. The minimum Gasteiger partial charge on any atom is -0.457 e. The number of amides is 1. The summed E-state index contributed by atoms with van der Waals surface area (Å²) < 4.78 is 5.06. The van der Waals surface area contributed by atoms with Crippen LogP contribution >= 0.6 is 11.6 Å². The number of aromatic amines is 1. The van der Waals surface area contributed by atoms with Gasteiger partial charge >= 0.3 is 5.97 Å². The summed E-state index contributed by atoms with van der Waals surface area (Å²) in [6.07, 6.45) is 1.67. The second-order valence-electron chi connectivity index (χ2n) is 7.01. The molecule has 3 aromatic rings. The van der Waals surface area contributed by atoms with Crippen LogP contribution < -0.4 is 10.6 Å². The second-order valence-corrected chi connectivity index (χ2v) is 7.45. The van der Waals surface area contributed by atoms with E-state index in [4.69, 9.17) is 16.3 Å². The van der Waals surface area contributed by atoms with Gasteiger partial charge in [-0.05, 0) is 43.7 Å². The number of benzene rings is 2. The molecule has 0 saturated carbocycles. The molecular formula is C20H19ClN4O3. The van der Waals surface area contributed by atoms with E-state index in [1.807, 2.05) is 26.0 Å². The van der Waals surface area contributed by atoms with Crippen LogP contribution in [-0.2, 0) is 16.1 Å². The molecule has 0 spiro atoms. The molecule has 1 aliphatic heterocycles. The predicted octanol–water partition coefficient (Wildman–Crippen LogP) is 3.56. The molecule has 0 unspecified atom stereocenters. The molecule has 0 saturated heterocycles. The normalized spacial score (nSPS) is 14.1. The van der Waals surface area contributed by atoms with Gasteiger partial charge in [-0.2, -0.15) is 5.10 Å². The van der Waals surface area contributed by atoms with Gasteiger partial charge in [0.2, 0.25) is 5.91 Å². The number of halogens is 1. The summed E-state index contributed by atoms with van der Waals surface area (Å²) in [7, 11) is 0. The number of hydrogen-bond acceptors (Lipinski definition) is 5. The van der Waals surface area contributed by atoms with Gasteiger partial charge in [0.15, 0.2) is 0 Å². The van der Waals surface area contributed by atoms with Crippen molar-refractivity contribution in [3.05, 3.63) is 58.2 Å². The van der Waals surface area contributed by atoms with Gasteiger partial charge in [0, 0.05) is 27.7 Å². The van der Waals surface area contributed by atoms with E-state index in [-0.39, 0.29) is 24.5 Å². The van der Waals surface area contributed by atoms with Crippen molar-refractivity contribution >= 4 is 40.1 Å². The number of nitrogens with one attached hydrogen (secondary N) is 3. The van der Waals surface area contributed by atoms with Crippen LogP contribution in [0.5, 0.6) is 0 Å². The number of esters is 1. The molecule has 0 fully saturated rings. The summed E-state index contributed by atoms with van der Waals surface area (Å²) in [5.41, 5.74) is 3.41. The number of anilines is 1. The third kappa shape index (κ3) is 3.41. The summed E-state index contributed by atoms with van der Waals surface area (Å²) in [6.45, 7) is 4.06. The van der Waals surface area contributed by atoms with Crippen LogP contribution in [0, 0.1) is 0 Å². The third-order valence-electron chi connectivity index (χ3n) is 4.56. The maximum Gasteiger partial charge on any atom is 0.338 e. The van der Waals surface area contributed by atoms with Crippen LogP contribution in [0.25, 0.3) is 10.9 Å². The molecule has 2 aromatic carbocycles. The molecule has 1 aliphatic rings. The third-order valence-corrected chi connectivity index (χ3v) is 4.78. The molecular weight excluding hydrogens is 380 g/mol. The van der Waals surface area contributed by atoms with E-state index in [1.165, 1.54) is 0 Å². The molecule has 1 atom stereocenters. The highest BCUT2D eigenvalue weighted by atomic mass is 35.5. The lowest BCUT2D eigenvalue weighted by Gasteiger charge is -2.22. The number of aromatic nitrogens is 2. The summed E-state index contributed by atoms with van der Waals surface area (Å²) in [5.74, 6) is -0.565. The molecule has 1 aromatic heterocycles. The van der Waals surface area contributed by atoms with Crippen molar-refractivity contribution in [2.24, 2.45) is 0 Å². The molecule has 1 amide bonds. The first-order valence-electron chi connectivity index (χ1n) is 8.92. The Labute approximate surface area is 166 Å². The van der Waals surface area contributed by atoms with Crippen molar-refractivity contribution in [2.45, 2.75) is 32.5 Å². The van der Waals surface area contributed by atoms with Crippen LogP contribution in [0.1, 0.15) is 41.4 Å². The first-order valence-corrected chi connectivity index (χ1v) is 9.29. The fraction of sp³-hybridized carbons (Fsp3) is 0.250. The lowest BCUT2D eigenvalue weighted by atomic mass is 10.0. The van der Waals surface area contributed by atoms with Gasteiger partial charge in [-0.3, -0.25) is 9.89 Å². The van der Waals surface area contributed by atoms with Crippen LogP contribution in [0.2, 0.25) is 5.02 Å². The van der Waals surface area contributed by atoms with Crippen LogP contribution in [0.4, 0.5) is 5.69 Å². The number of rotatable bonds is 5. The molecule has 8 heteroatoms. The topological polar surface area (TPSA) is 96.1 Å². The number of carbonyl (C=O) groups is 2. The second kappa shape index (κ2) is 7.16. The van der Waals surface area contributed by atoms with Crippen molar-refractivity contribution in [1.29, 1.82) is 0 Å². The van der Waals surface area contributed by atoms with E-state index >= 15 is 0 Å². The van der Waals surface area contributed by atoms with Gasteiger partial charge < -0.3 is 15.4 Å². The minimum atomic E-state index is -0.725. The van der Waals surface area contributed by atoms with Gasteiger partial charge in [-0.15, -0.1) is 0 Å². The van der Waals surface area contributed by atoms with Crippen molar-refractivity contribution in [3.8, 4) is 0 Å². The lowest BCUT2D eigenvalue weighted by molar-refractivity contribution is -0.122. The van der Waals surface area contributed by atoms with Crippen molar-refractivity contribution in [1.82, 2.24) is 15.5 Å². The molecule has 0 radical (unpaired) electrons. The summed E-state index contributed by atoms with van der Waals surface area (Å²) in [5, 5.41) is 14.4. The van der Waals surface area contributed by atoms with E-state index < -0.39 is 6.04 Å². The monoisotopic (exact) mass is 398 g/mol. The maximum atomic E-state index is 13.0. The number of fused-ring (bicyclic) bond motifs is 2. The molecule has 0 aliphatic carbocycles. The predicted molar refractivity (Wildman–Crippen MR) is 106 cm³/mol. The van der Waals surface area contributed by atoms with Crippen molar-refractivity contribution in [2.75, 3.05) is 5.32 Å². The fourth-order valence-corrected chi connectivity index (χ4v) is 3.53. The molecule has 2 heterocycles. The zero-order valence-electron chi connectivity index (χ0n) is 15.4. The van der Waals surface area contributed by atoms with Crippen molar-refractivity contribution in [3.63, 3.8) is 0 Å². The van der Waals surface area contributed by atoms with Crippen LogP contribution in [0.3, 0.4) is 0 Å². The Morgan fingerprint density at radius 1 is 1.29 bits per heavy atom. The van der Waals surface area contributed by atoms with E-state index in [2.05, 4.69) is 20.8 Å². The van der Waals surface area contributed by atoms with Gasteiger partial charge in [0.05, 0.1) is 17.3 Å². The highest BCUT2D eigenvalue weighted by molar-refractivity contribution is 6.31.